The Morgan fingerprint density at radius 3 is 2.42 bits per heavy atom. The van der Waals surface area contributed by atoms with Gasteiger partial charge in [-0.2, -0.15) is 0 Å². The van der Waals surface area contributed by atoms with Crippen molar-refractivity contribution in [3.05, 3.63) is 54.4 Å². The highest BCUT2D eigenvalue weighted by Crippen LogP contribution is 2.25. The highest BCUT2D eigenvalue weighted by atomic mass is 32.2. The van der Waals surface area contributed by atoms with E-state index >= 15 is 0 Å². The lowest BCUT2D eigenvalue weighted by atomic mass is 10.1. The maximum absolute atomic E-state index is 12.6. The van der Waals surface area contributed by atoms with Crippen LogP contribution in [0.5, 0.6) is 0 Å². The van der Waals surface area contributed by atoms with Gasteiger partial charge in [-0.1, -0.05) is 17.8 Å². The number of carbonyl (C=O) groups is 2. The van der Waals surface area contributed by atoms with Gasteiger partial charge in [0.05, 0.1) is 11.4 Å². The first-order valence-corrected chi connectivity index (χ1v) is 12.1. The van der Waals surface area contributed by atoms with E-state index < -0.39 is 0 Å². The maximum Gasteiger partial charge on any atom is 0.234 e. The predicted octanol–water partition coefficient (Wildman–Crippen LogP) is 4.26. The molecule has 8 nitrogen and oxygen atoms in total. The zero-order valence-electron chi connectivity index (χ0n) is 18.9. The fourth-order valence-corrected chi connectivity index (χ4v) is 4.69. The van der Waals surface area contributed by atoms with E-state index in [4.69, 9.17) is 0 Å². The number of nitrogens with zero attached hydrogens (tertiary/aromatic N) is 4. The van der Waals surface area contributed by atoms with Crippen molar-refractivity contribution in [2.24, 2.45) is 0 Å². The molecule has 0 unspecified atom stereocenters. The van der Waals surface area contributed by atoms with Crippen molar-refractivity contribution in [3.8, 4) is 5.69 Å². The summed E-state index contributed by atoms with van der Waals surface area (Å²) in [6, 6.07) is 15.5. The number of carbonyl (C=O) groups excluding carboxylic acids is 2. The van der Waals surface area contributed by atoms with Crippen LogP contribution in [0.2, 0.25) is 0 Å². The lowest BCUT2D eigenvalue weighted by Crippen LogP contribution is -2.29. The Labute approximate surface area is 197 Å². The molecule has 2 N–H and O–H groups in total. The zero-order chi connectivity index (χ0) is 23.2. The smallest absolute Gasteiger partial charge is 0.234 e. The second kappa shape index (κ2) is 10.5. The highest BCUT2D eigenvalue weighted by Gasteiger charge is 2.15. The van der Waals surface area contributed by atoms with Gasteiger partial charge in [-0.25, -0.2) is 0 Å². The monoisotopic (exact) mass is 464 g/mol. The van der Waals surface area contributed by atoms with E-state index in [0.29, 0.717) is 16.7 Å². The van der Waals surface area contributed by atoms with E-state index in [1.807, 2.05) is 47.9 Å². The Balaban J connectivity index is 1.38. The van der Waals surface area contributed by atoms with E-state index in [9.17, 15) is 9.59 Å². The molecule has 1 aliphatic rings. The van der Waals surface area contributed by atoms with Gasteiger partial charge in [-0.3, -0.25) is 14.2 Å². The van der Waals surface area contributed by atoms with E-state index in [-0.39, 0.29) is 17.6 Å². The van der Waals surface area contributed by atoms with Crippen molar-refractivity contribution in [1.29, 1.82) is 0 Å². The van der Waals surface area contributed by atoms with Gasteiger partial charge in [-0.05, 0) is 68.7 Å². The van der Waals surface area contributed by atoms with Crippen molar-refractivity contribution in [1.82, 2.24) is 14.8 Å². The molecular weight excluding hydrogens is 436 g/mol. The van der Waals surface area contributed by atoms with Gasteiger partial charge in [0.15, 0.2) is 5.16 Å². The third kappa shape index (κ3) is 5.92. The molecule has 1 aliphatic heterocycles. The van der Waals surface area contributed by atoms with E-state index in [1.54, 1.807) is 0 Å². The Morgan fingerprint density at radius 2 is 1.70 bits per heavy atom. The summed E-state index contributed by atoms with van der Waals surface area (Å²) in [5.41, 5.74) is 3.49. The SMILES string of the molecule is CC(=O)Nc1cccc(-n2c(C)nnc2SCC(=O)Nc2ccc(N3CCCCC3)cc2)c1. The second-order valence-electron chi connectivity index (χ2n) is 8.03. The Hall–Kier alpha value is -3.33. The maximum atomic E-state index is 12.6. The molecule has 2 aromatic carbocycles. The third-order valence-electron chi connectivity index (χ3n) is 5.42. The van der Waals surface area contributed by atoms with Gasteiger partial charge in [0, 0.05) is 37.1 Å². The molecule has 3 aromatic rings. The summed E-state index contributed by atoms with van der Waals surface area (Å²) in [4.78, 5) is 26.3. The normalized spacial score (nSPS) is 13.6. The molecule has 2 heterocycles. The van der Waals surface area contributed by atoms with Gasteiger partial charge < -0.3 is 15.5 Å². The molecule has 1 aromatic heterocycles. The minimum Gasteiger partial charge on any atom is -0.372 e. The van der Waals surface area contributed by atoms with Crippen LogP contribution in [0.15, 0.2) is 53.7 Å². The molecule has 0 atom stereocenters. The fraction of sp³-hybridized carbons (Fsp3) is 0.333. The van der Waals surface area contributed by atoms with Crippen LogP contribution >= 0.6 is 11.8 Å². The second-order valence-corrected chi connectivity index (χ2v) is 8.97. The molecule has 0 saturated carbocycles. The first-order valence-electron chi connectivity index (χ1n) is 11.1. The van der Waals surface area contributed by atoms with Crippen LogP contribution in [0.4, 0.5) is 17.1 Å². The quantitative estimate of drug-likeness (QED) is 0.508. The van der Waals surface area contributed by atoms with E-state index in [1.165, 1.54) is 43.6 Å². The number of nitrogens with one attached hydrogen (secondary N) is 2. The summed E-state index contributed by atoms with van der Waals surface area (Å²) in [6.07, 6.45) is 3.77. The summed E-state index contributed by atoms with van der Waals surface area (Å²) >= 11 is 1.32. The number of aromatic nitrogens is 3. The van der Waals surface area contributed by atoms with Crippen molar-refractivity contribution >= 4 is 40.6 Å². The van der Waals surface area contributed by atoms with Crippen LogP contribution in [0.3, 0.4) is 0 Å². The highest BCUT2D eigenvalue weighted by molar-refractivity contribution is 7.99. The average Bonchev–Trinajstić information content (AvgIpc) is 3.19. The minimum absolute atomic E-state index is 0.107. The first kappa shape index (κ1) is 22.8. The summed E-state index contributed by atoms with van der Waals surface area (Å²) in [5.74, 6) is 0.663. The average molecular weight is 465 g/mol. The molecule has 9 heteroatoms. The van der Waals surface area contributed by atoms with Gasteiger partial charge in [0.2, 0.25) is 11.8 Å². The van der Waals surface area contributed by atoms with Gasteiger partial charge in [0.25, 0.3) is 0 Å². The summed E-state index contributed by atoms with van der Waals surface area (Å²) in [7, 11) is 0. The van der Waals surface area contributed by atoms with Gasteiger partial charge >= 0.3 is 0 Å². The molecule has 172 valence electrons. The largest absolute Gasteiger partial charge is 0.372 e. The lowest BCUT2D eigenvalue weighted by Gasteiger charge is -2.28. The van der Waals surface area contributed by atoms with Crippen molar-refractivity contribution in [2.75, 3.05) is 34.4 Å². The van der Waals surface area contributed by atoms with Crippen molar-refractivity contribution < 1.29 is 9.59 Å². The molecule has 33 heavy (non-hydrogen) atoms. The predicted molar refractivity (Wildman–Crippen MR) is 132 cm³/mol. The van der Waals surface area contributed by atoms with E-state index in [0.717, 1.165) is 24.5 Å². The molecule has 0 aliphatic carbocycles. The first-order chi connectivity index (χ1) is 16.0. The number of anilines is 3. The van der Waals surface area contributed by atoms with Crippen LogP contribution < -0.4 is 15.5 Å². The number of amides is 2. The van der Waals surface area contributed by atoms with Crippen molar-refractivity contribution in [3.63, 3.8) is 0 Å². The summed E-state index contributed by atoms with van der Waals surface area (Å²) in [5, 5.41) is 14.7. The molecule has 1 fully saturated rings. The third-order valence-corrected chi connectivity index (χ3v) is 6.35. The number of benzene rings is 2. The number of thioether (sulfide) groups is 1. The van der Waals surface area contributed by atoms with E-state index in [2.05, 4.69) is 37.9 Å². The van der Waals surface area contributed by atoms with Crippen LogP contribution in [-0.4, -0.2) is 45.4 Å². The number of hydrogen-bond donors (Lipinski definition) is 2. The standard InChI is InChI=1S/C24H28N6O2S/c1-17-27-28-24(30(17)22-8-6-7-20(15-22)25-18(2)31)33-16-23(32)26-19-9-11-21(12-10-19)29-13-4-3-5-14-29/h6-12,15H,3-5,13-14,16H2,1-2H3,(H,25,31)(H,26,32). The van der Waals surface area contributed by atoms with Crippen LogP contribution in [0, 0.1) is 6.92 Å². The molecule has 1 saturated heterocycles. The fourth-order valence-electron chi connectivity index (χ4n) is 3.89. The zero-order valence-corrected chi connectivity index (χ0v) is 19.7. The number of hydrogen-bond acceptors (Lipinski definition) is 6. The van der Waals surface area contributed by atoms with Gasteiger partial charge in [-0.15, -0.1) is 10.2 Å². The number of rotatable bonds is 7. The molecule has 4 rings (SSSR count). The summed E-state index contributed by atoms with van der Waals surface area (Å²) in [6.45, 7) is 5.51. The topological polar surface area (TPSA) is 92.1 Å². The number of aryl methyl sites for hydroxylation is 1. The molecule has 0 spiro atoms. The minimum atomic E-state index is -0.136. The van der Waals surface area contributed by atoms with Crippen molar-refractivity contribution in [2.45, 2.75) is 38.3 Å². The van der Waals surface area contributed by atoms with Gasteiger partial charge in [0.1, 0.15) is 5.82 Å². The Morgan fingerprint density at radius 1 is 0.939 bits per heavy atom. The molecular formula is C24H28N6O2S. The molecule has 0 radical (unpaired) electrons. The van der Waals surface area contributed by atoms with Crippen LogP contribution in [0.25, 0.3) is 5.69 Å². The Kier molecular flexibility index (Phi) is 7.29. The molecule has 2 amide bonds. The Bertz CT molecular complexity index is 1120. The number of piperidine rings is 1. The van der Waals surface area contributed by atoms with Crippen LogP contribution in [-0.2, 0) is 9.59 Å². The van der Waals surface area contributed by atoms with Crippen LogP contribution in [0.1, 0.15) is 32.0 Å². The molecule has 0 bridgehead atoms. The summed E-state index contributed by atoms with van der Waals surface area (Å²) < 4.78 is 1.87. The lowest BCUT2D eigenvalue weighted by molar-refractivity contribution is -0.114.